The van der Waals surface area contributed by atoms with Gasteiger partial charge in [0.1, 0.15) is 0 Å². The van der Waals surface area contributed by atoms with Crippen molar-refractivity contribution in [3.8, 4) is 0 Å². The van der Waals surface area contributed by atoms with Gasteiger partial charge in [0, 0.05) is 22.8 Å². The van der Waals surface area contributed by atoms with Crippen molar-refractivity contribution in [2.45, 2.75) is 19.8 Å². The number of carbonyl (C=O) groups is 2. The van der Waals surface area contributed by atoms with Crippen LogP contribution in [-0.2, 0) is 9.53 Å². The largest absolute Gasteiger partial charge is 0.465 e. The number of allylic oxidation sites excluding steroid dienone is 1. The van der Waals surface area contributed by atoms with Crippen molar-refractivity contribution < 1.29 is 14.3 Å². The summed E-state index contributed by atoms with van der Waals surface area (Å²) in [5, 5.41) is 0. The van der Waals surface area contributed by atoms with Crippen LogP contribution in [0.1, 0.15) is 41.3 Å². The number of rotatable bonds is 2. The van der Waals surface area contributed by atoms with Gasteiger partial charge in [0.15, 0.2) is 5.78 Å². The van der Waals surface area contributed by atoms with Gasteiger partial charge < -0.3 is 10.5 Å². The number of ether oxygens (including phenoxy) is 1. The minimum absolute atomic E-state index is 0.0316. The average Bonchev–Trinajstić information content (AvgIpc) is 2.60. The van der Waals surface area contributed by atoms with Gasteiger partial charge in [-0.1, -0.05) is 13.0 Å². The number of carbonyl (C=O) groups excluding carboxylic acids is 2. The highest BCUT2D eigenvalue weighted by Gasteiger charge is 2.30. The summed E-state index contributed by atoms with van der Waals surface area (Å²) < 4.78 is 4.68. The first-order chi connectivity index (χ1) is 8.47. The SMILES string of the molecule is COC(=O)c1ccc2c(c1)C(C)C(C(C)=O)=C2N. The van der Waals surface area contributed by atoms with Crippen LogP contribution in [0.5, 0.6) is 0 Å². The molecule has 0 aliphatic heterocycles. The molecule has 2 rings (SSSR count). The van der Waals surface area contributed by atoms with Gasteiger partial charge in [0.05, 0.1) is 12.7 Å². The van der Waals surface area contributed by atoms with Gasteiger partial charge in [0.25, 0.3) is 0 Å². The quantitative estimate of drug-likeness (QED) is 0.807. The first kappa shape index (κ1) is 12.4. The Morgan fingerprint density at radius 3 is 2.56 bits per heavy atom. The normalized spacial score (nSPS) is 17.6. The highest BCUT2D eigenvalue weighted by molar-refractivity contribution is 6.05. The molecule has 1 aromatic carbocycles. The number of fused-ring (bicyclic) bond motifs is 1. The van der Waals surface area contributed by atoms with Crippen LogP contribution in [-0.4, -0.2) is 18.9 Å². The lowest BCUT2D eigenvalue weighted by Gasteiger charge is -2.09. The smallest absolute Gasteiger partial charge is 0.337 e. The second-order valence-electron chi connectivity index (χ2n) is 4.40. The Labute approximate surface area is 105 Å². The number of methoxy groups -OCH3 is 1. The van der Waals surface area contributed by atoms with Crippen LogP contribution in [0.3, 0.4) is 0 Å². The van der Waals surface area contributed by atoms with Gasteiger partial charge in [-0.25, -0.2) is 4.79 Å². The van der Waals surface area contributed by atoms with Gasteiger partial charge in [-0.15, -0.1) is 0 Å². The van der Waals surface area contributed by atoms with Gasteiger partial charge in [-0.05, 0) is 24.6 Å². The molecular weight excluding hydrogens is 230 g/mol. The summed E-state index contributed by atoms with van der Waals surface area (Å²) >= 11 is 0. The standard InChI is InChI=1S/C14H15NO3/c1-7-11-6-9(14(17)18-3)4-5-10(11)13(15)12(7)8(2)16/h4-7H,15H2,1-3H3. The third kappa shape index (κ3) is 1.70. The maximum Gasteiger partial charge on any atom is 0.337 e. The molecule has 4 heteroatoms. The summed E-state index contributed by atoms with van der Waals surface area (Å²) in [4.78, 5) is 23.1. The monoisotopic (exact) mass is 245 g/mol. The van der Waals surface area contributed by atoms with E-state index in [0.717, 1.165) is 11.1 Å². The number of nitrogens with two attached hydrogens (primary N) is 1. The molecule has 1 unspecified atom stereocenters. The van der Waals surface area contributed by atoms with Crippen LogP contribution in [0, 0.1) is 0 Å². The number of hydrogen-bond donors (Lipinski definition) is 1. The minimum atomic E-state index is -0.389. The van der Waals surface area contributed by atoms with Crippen LogP contribution in [0.2, 0.25) is 0 Å². The van der Waals surface area contributed by atoms with E-state index in [1.54, 1.807) is 18.2 Å². The number of esters is 1. The Hall–Kier alpha value is -2.10. The maximum absolute atomic E-state index is 11.6. The molecule has 18 heavy (non-hydrogen) atoms. The summed E-state index contributed by atoms with van der Waals surface area (Å²) in [6, 6.07) is 5.17. The van der Waals surface area contributed by atoms with E-state index >= 15 is 0 Å². The van der Waals surface area contributed by atoms with E-state index in [1.165, 1.54) is 14.0 Å². The zero-order valence-electron chi connectivity index (χ0n) is 10.6. The number of Topliss-reactive ketones (excluding diaryl/α,β-unsaturated/α-hetero) is 1. The molecule has 0 fully saturated rings. The first-order valence-corrected chi connectivity index (χ1v) is 5.70. The lowest BCUT2D eigenvalue weighted by atomic mass is 9.94. The van der Waals surface area contributed by atoms with Crippen LogP contribution < -0.4 is 5.73 Å². The second kappa shape index (κ2) is 4.29. The van der Waals surface area contributed by atoms with Crippen molar-refractivity contribution in [1.29, 1.82) is 0 Å². The minimum Gasteiger partial charge on any atom is -0.465 e. The highest BCUT2D eigenvalue weighted by atomic mass is 16.5. The second-order valence-corrected chi connectivity index (χ2v) is 4.40. The van der Waals surface area contributed by atoms with Crippen molar-refractivity contribution in [3.63, 3.8) is 0 Å². The van der Waals surface area contributed by atoms with Gasteiger partial charge in [-0.2, -0.15) is 0 Å². The van der Waals surface area contributed by atoms with Gasteiger partial charge >= 0.3 is 5.97 Å². The molecule has 0 radical (unpaired) electrons. The first-order valence-electron chi connectivity index (χ1n) is 5.70. The number of ketones is 1. The van der Waals surface area contributed by atoms with E-state index in [2.05, 4.69) is 4.74 Å². The van der Waals surface area contributed by atoms with Crippen LogP contribution in [0.15, 0.2) is 23.8 Å². The van der Waals surface area contributed by atoms with Gasteiger partial charge in [-0.3, -0.25) is 4.79 Å². The third-order valence-electron chi connectivity index (χ3n) is 3.33. The molecule has 0 aromatic heterocycles. The predicted molar refractivity (Wildman–Crippen MR) is 68.0 cm³/mol. The molecule has 2 N–H and O–H groups in total. The van der Waals surface area contributed by atoms with Crippen molar-refractivity contribution in [2.24, 2.45) is 5.73 Å². The maximum atomic E-state index is 11.6. The number of hydrogen-bond acceptors (Lipinski definition) is 4. The Morgan fingerprint density at radius 2 is 2.00 bits per heavy atom. The third-order valence-corrected chi connectivity index (χ3v) is 3.33. The molecular formula is C14H15NO3. The van der Waals surface area contributed by atoms with Crippen molar-refractivity contribution >= 4 is 17.4 Å². The fraction of sp³-hybridized carbons (Fsp3) is 0.286. The van der Waals surface area contributed by atoms with E-state index in [1.807, 2.05) is 6.92 Å². The lowest BCUT2D eigenvalue weighted by molar-refractivity contribution is -0.113. The number of benzene rings is 1. The molecule has 94 valence electrons. The lowest BCUT2D eigenvalue weighted by Crippen LogP contribution is -2.05. The van der Waals surface area contributed by atoms with E-state index in [4.69, 9.17) is 5.73 Å². The van der Waals surface area contributed by atoms with Crippen LogP contribution in [0.25, 0.3) is 5.70 Å². The van der Waals surface area contributed by atoms with Crippen molar-refractivity contribution in [1.82, 2.24) is 0 Å². The molecule has 1 aliphatic rings. The molecule has 0 bridgehead atoms. The fourth-order valence-electron chi connectivity index (χ4n) is 2.44. The average molecular weight is 245 g/mol. The molecule has 0 saturated heterocycles. The molecule has 0 saturated carbocycles. The van der Waals surface area contributed by atoms with Crippen molar-refractivity contribution in [2.75, 3.05) is 7.11 Å². The topological polar surface area (TPSA) is 69.4 Å². The molecule has 4 nitrogen and oxygen atoms in total. The fourth-order valence-corrected chi connectivity index (χ4v) is 2.44. The Balaban J connectivity index is 2.52. The molecule has 0 amide bonds. The molecule has 1 aliphatic carbocycles. The van der Waals surface area contributed by atoms with E-state index in [0.29, 0.717) is 16.8 Å². The Morgan fingerprint density at radius 1 is 1.33 bits per heavy atom. The van der Waals surface area contributed by atoms with Crippen LogP contribution in [0.4, 0.5) is 0 Å². The Kier molecular flexibility index (Phi) is 2.95. The van der Waals surface area contributed by atoms with E-state index in [9.17, 15) is 9.59 Å². The molecule has 1 aromatic rings. The summed E-state index contributed by atoms with van der Waals surface area (Å²) in [6.07, 6.45) is 0. The Bertz CT molecular complexity index is 572. The van der Waals surface area contributed by atoms with Gasteiger partial charge in [0.2, 0.25) is 0 Å². The summed E-state index contributed by atoms with van der Waals surface area (Å²) in [5.41, 5.74) is 9.33. The highest BCUT2D eigenvalue weighted by Crippen LogP contribution is 2.40. The zero-order chi connectivity index (χ0) is 13.4. The van der Waals surface area contributed by atoms with Crippen LogP contribution >= 0.6 is 0 Å². The van der Waals surface area contributed by atoms with E-state index in [-0.39, 0.29) is 17.7 Å². The summed E-state index contributed by atoms with van der Waals surface area (Å²) in [7, 11) is 1.34. The molecule has 1 atom stereocenters. The zero-order valence-corrected chi connectivity index (χ0v) is 10.6. The van der Waals surface area contributed by atoms with Crippen molar-refractivity contribution in [3.05, 3.63) is 40.5 Å². The summed E-state index contributed by atoms with van der Waals surface area (Å²) in [5.74, 6) is -0.502. The van der Waals surface area contributed by atoms with E-state index < -0.39 is 0 Å². The summed E-state index contributed by atoms with van der Waals surface area (Å²) in [6.45, 7) is 3.42. The molecule has 0 spiro atoms. The predicted octanol–water partition coefficient (Wildman–Crippen LogP) is 1.85. The molecule has 0 heterocycles.